The van der Waals surface area contributed by atoms with Gasteiger partial charge in [-0.3, -0.25) is 34.8 Å². The Kier molecular flexibility index (Phi) is 10.0. The third-order valence-electron chi connectivity index (χ3n) is 4.81. The Morgan fingerprint density at radius 3 is 1.58 bits per heavy atom. The molecule has 0 atom stereocenters. The quantitative estimate of drug-likeness (QED) is 0.403. The minimum atomic E-state index is 0.697. The third-order valence-corrected chi connectivity index (χ3v) is 4.81. The van der Waals surface area contributed by atoms with E-state index >= 15 is 0 Å². The molecule has 0 fully saturated rings. The van der Waals surface area contributed by atoms with Crippen LogP contribution in [0.3, 0.4) is 0 Å². The van der Waals surface area contributed by atoms with Crippen molar-refractivity contribution in [3.63, 3.8) is 0 Å². The van der Waals surface area contributed by atoms with Crippen molar-refractivity contribution in [2.24, 2.45) is 15.0 Å². The molecule has 3 aromatic rings. The maximum absolute atomic E-state index is 4.56. The highest BCUT2D eigenvalue weighted by Gasteiger charge is 2.03. The van der Waals surface area contributed by atoms with Gasteiger partial charge in [0.25, 0.3) is 0 Å². The van der Waals surface area contributed by atoms with Crippen LogP contribution in [0.25, 0.3) is 0 Å². The van der Waals surface area contributed by atoms with Gasteiger partial charge in [0.1, 0.15) is 0 Å². The van der Waals surface area contributed by atoms with Crippen molar-refractivity contribution in [2.75, 3.05) is 39.3 Å². The van der Waals surface area contributed by atoms with E-state index in [2.05, 4.69) is 34.8 Å². The molecule has 3 rings (SSSR count). The lowest BCUT2D eigenvalue weighted by Crippen LogP contribution is -2.31. The number of hydrogen-bond acceptors (Lipinski definition) is 7. The summed E-state index contributed by atoms with van der Waals surface area (Å²) in [6.45, 7) is 8.56. The fraction of sp³-hybridized carbons (Fsp3) is 0.308. The number of hydrogen-bond donors (Lipinski definition) is 0. The second-order valence-corrected chi connectivity index (χ2v) is 7.61. The first-order valence-corrected chi connectivity index (χ1v) is 11.2. The average Bonchev–Trinajstić information content (AvgIpc) is 2.82. The van der Waals surface area contributed by atoms with Crippen LogP contribution in [0.1, 0.15) is 28.5 Å². The van der Waals surface area contributed by atoms with E-state index in [0.29, 0.717) is 19.6 Å². The Morgan fingerprint density at radius 1 is 0.636 bits per heavy atom. The molecule has 0 spiro atoms. The Bertz CT molecular complexity index is 1000. The SMILES string of the molecule is Cc1cccc(C=NCCN(CCN=Cc2ccccn2)CCN=Cc2cccc(C)n2)n1. The van der Waals surface area contributed by atoms with Crippen LogP contribution >= 0.6 is 0 Å². The normalized spacial score (nSPS) is 12.0. The Hall–Kier alpha value is -3.58. The van der Waals surface area contributed by atoms with Gasteiger partial charge in [0, 0.05) is 55.9 Å². The maximum atomic E-state index is 4.56. The van der Waals surface area contributed by atoms with Crippen molar-refractivity contribution in [3.8, 4) is 0 Å². The van der Waals surface area contributed by atoms with Gasteiger partial charge in [-0.05, 0) is 50.2 Å². The van der Waals surface area contributed by atoms with Crippen molar-refractivity contribution >= 4 is 18.6 Å². The summed E-state index contributed by atoms with van der Waals surface area (Å²) in [7, 11) is 0. The molecular weight excluding hydrogens is 410 g/mol. The third kappa shape index (κ3) is 9.62. The number of nitrogens with zero attached hydrogens (tertiary/aromatic N) is 7. The number of pyridine rings is 3. The van der Waals surface area contributed by atoms with Gasteiger partial charge in [0.05, 0.1) is 36.7 Å². The molecule has 0 saturated carbocycles. The van der Waals surface area contributed by atoms with E-state index in [-0.39, 0.29) is 0 Å². The predicted molar refractivity (Wildman–Crippen MR) is 136 cm³/mol. The summed E-state index contributed by atoms with van der Waals surface area (Å²) in [4.78, 5) is 29.2. The molecule has 0 aliphatic rings. The van der Waals surface area contributed by atoms with Crippen LogP contribution in [0.5, 0.6) is 0 Å². The number of aliphatic imine (C=N–C) groups is 3. The zero-order valence-electron chi connectivity index (χ0n) is 19.4. The molecule has 0 radical (unpaired) electrons. The smallest absolute Gasteiger partial charge is 0.0811 e. The Morgan fingerprint density at radius 2 is 1.12 bits per heavy atom. The van der Waals surface area contributed by atoms with Crippen LogP contribution in [0.15, 0.2) is 75.8 Å². The van der Waals surface area contributed by atoms with E-state index in [9.17, 15) is 0 Å². The first kappa shape index (κ1) is 24.1. The second-order valence-electron chi connectivity index (χ2n) is 7.61. The highest BCUT2D eigenvalue weighted by molar-refractivity contribution is 5.77. The van der Waals surface area contributed by atoms with E-state index in [1.54, 1.807) is 6.20 Å². The van der Waals surface area contributed by atoms with Crippen molar-refractivity contribution < 1.29 is 0 Å². The van der Waals surface area contributed by atoms with Gasteiger partial charge in [0.15, 0.2) is 0 Å². The van der Waals surface area contributed by atoms with Gasteiger partial charge in [-0.1, -0.05) is 18.2 Å². The minimum absolute atomic E-state index is 0.697. The molecule has 3 aromatic heterocycles. The molecule has 0 saturated heterocycles. The fourth-order valence-electron chi connectivity index (χ4n) is 3.13. The zero-order chi connectivity index (χ0) is 23.1. The lowest BCUT2D eigenvalue weighted by molar-refractivity contribution is 0.298. The van der Waals surface area contributed by atoms with Crippen molar-refractivity contribution in [1.29, 1.82) is 0 Å². The number of aromatic nitrogens is 3. The van der Waals surface area contributed by atoms with E-state index in [1.165, 1.54) is 0 Å². The molecule has 0 bridgehead atoms. The first-order valence-electron chi connectivity index (χ1n) is 11.2. The van der Waals surface area contributed by atoms with Gasteiger partial charge in [-0.2, -0.15) is 0 Å². The summed E-state index contributed by atoms with van der Waals surface area (Å²) in [5.41, 5.74) is 4.63. The molecule has 170 valence electrons. The van der Waals surface area contributed by atoms with Crippen LogP contribution in [0.2, 0.25) is 0 Å². The van der Waals surface area contributed by atoms with Crippen LogP contribution in [-0.2, 0) is 0 Å². The molecular formula is C26H31N7. The highest BCUT2D eigenvalue weighted by Crippen LogP contribution is 1.97. The average molecular weight is 442 g/mol. The lowest BCUT2D eigenvalue weighted by atomic mass is 10.3. The zero-order valence-corrected chi connectivity index (χ0v) is 19.4. The minimum Gasteiger partial charge on any atom is -0.298 e. The van der Waals surface area contributed by atoms with E-state index in [1.807, 2.05) is 87.1 Å². The topological polar surface area (TPSA) is 79.0 Å². The molecule has 0 aliphatic carbocycles. The van der Waals surface area contributed by atoms with Crippen molar-refractivity contribution in [2.45, 2.75) is 13.8 Å². The summed E-state index contributed by atoms with van der Waals surface area (Å²) in [6.07, 6.45) is 7.27. The van der Waals surface area contributed by atoms with Crippen molar-refractivity contribution in [1.82, 2.24) is 19.9 Å². The van der Waals surface area contributed by atoms with Gasteiger partial charge < -0.3 is 0 Å². The molecule has 33 heavy (non-hydrogen) atoms. The Labute approximate surface area is 196 Å². The molecule has 0 unspecified atom stereocenters. The molecule has 0 amide bonds. The van der Waals surface area contributed by atoms with E-state index in [0.717, 1.165) is 48.1 Å². The summed E-state index contributed by atoms with van der Waals surface area (Å²) in [5.74, 6) is 0. The second kappa shape index (κ2) is 13.8. The maximum Gasteiger partial charge on any atom is 0.0811 e. The molecule has 7 nitrogen and oxygen atoms in total. The van der Waals surface area contributed by atoms with Crippen LogP contribution in [-0.4, -0.2) is 77.8 Å². The van der Waals surface area contributed by atoms with Gasteiger partial charge in [-0.25, -0.2) is 0 Å². The molecule has 7 heteroatoms. The predicted octanol–water partition coefficient (Wildman–Crippen LogP) is 3.45. The summed E-state index contributed by atoms with van der Waals surface area (Å²) >= 11 is 0. The fourth-order valence-corrected chi connectivity index (χ4v) is 3.13. The molecule has 0 N–H and O–H groups in total. The van der Waals surface area contributed by atoms with Gasteiger partial charge in [0.2, 0.25) is 0 Å². The van der Waals surface area contributed by atoms with E-state index in [4.69, 9.17) is 0 Å². The van der Waals surface area contributed by atoms with Crippen LogP contribution < -0.4 is 0 Å². The molecule has 3 heterocycles. The Balaban J connectivity index is 1.50. The number of aryl methyl sites for hydroxylation is 2. The number of rotatable bonds is 12. The largest absolute Gasteiger partial charge is 0.298 e. The highest BCUT2D eigenvalue weighted by atomic mass is 15.1. The van der Waals surface area contributed by atoms with Gasteiger partial charge in [-0.15, -0.1) is 0 Å². The summed E-state index contributed by atoms with van der Waals surface area (Å²) in [5, 5.41) is 0. The van der Waals surface area contributed by atoms with Gasteiger partial charge >= 0.3 is 0 Å². The van der Waals surface area contributed by atoms with E-state index < -0.39 is 0 Å². The standard InChI is InChI=1S/C26H31N7/c1-22-7-5-10-25(31-22)20-28-14-17-33(16-13-27-19-24-9-3-4-12-30-24)18-15-29-21-26-11-6-8-23(2)32-26/h3-12,19-21H,13-18H2,1-2H3. The summed E-state index contributed by atoms with van der Waals surface area (Å²) in [6, 6.07) is 17.7. The monoisotopic (exact) mass is 441 g/mol. The van der Waals surface area contributed by atoms with Crippen LogP contribution in [0, 0.1) is 13.8 Å². The lowest BCUT2D eigenvalue weighted by Gasteiger charge is -2.19. The first-order chi connectivity index (χ1) is 16.2. The van der Waals surface area contributed by atoms with Crippen molar-refractivity contribution in [3.05, 3.63) is 89.3 Å². The summed E-state index contributed by atoms with van der Waals surface area (Å²) < 4.78 is 0. The molecule has 0 aromatic carbocycles. The van der Waals surface area contributed by atoms with Crippen LogP contribution in [0.4, 0.5) is 0 Å². The molecule has 0 aliphatic heterocycles.